The van der Waals surface area contributed by atoms with E-state index in [0.717, 1.165) is 48.4 Å². The summed E-state index contributed by atoms with van der Waals surface area (Å²) in [6.45, 7) is 8.64. The van der Waals surface area contributed by atoms with Gasteiger partial charge < -0.3 is 10.2 Å². The van der Waals surface area contributed by atoms with Gasteiger partial charge in [0.15, 0.2) is 0 Å². The highest BCUT2D eigenvalue weighted by Crippen LogP contribution is 2.28. The molecular formula is C17H26N4OS. The average Bonchev–Trinajstić information content (AvgIpc) is 2.98. The van der Waals surface area contributed by atoms with Gasteiger partial charge in [-0.3, -0.25) is 4.79 Å². The van der Waals surface area contributed by atoms with E-state index in [2.05, 4.69) is 42.1 Å². The van der Waals surface area contributed by atoms with Crippen molar-refractivity contribution in [3.05, 3.63) is 17.3 Å². The van der Waals surface area contributed by atoms with Gasteiger partial charge in [-0.2, -0.15) is 0 Å². The van der Waals surface area contributed by atoms with E-state index >= 15 is 0 Å². The zero-order valence-corrected chi connectivity index (χ0v) is 15.1. The Balaban J connectivity index is 1.95. The molecule has 0 saturated carbocycles. The second kappa shape index (κ2) is 8.82. The summed E-state index contributed by atoms with van der Waals surface area (Å²) in [5.41, 5.74) is 0. The SMILES string of the molecule is CCCN(CCC)C(=O)CCNc1ncnc2sc(CC)cc12. The van der Waals surface area contributed by atoms with Crippen LogP contribution in [-0.2, 0) is 11.2 Å². The van der Waals surface area contributed by atoms with Gasteiger partial charge in [0, 0.05) is 30.9 Å². The number of hydrogen-bond acceptors (Lipinski definition) is 5. The van der Waals surface area contributed by atoms with Crippen LogP contribution in [0.2, 0.25) is 0 Å². The van der Waals surface area contributed by atoms with Crippen LogP contribution in [0.5, 0.6) is 0 Å². The Morgan fingerprint density at radius 3 is 2.61 bits per heavy atom. The Bertz CT molecular complexity index is 635. The zero-order valence-electron chi connectivity index (χ0n) is 14.3. The standard InChI is InChI=1S/C17H26N4OS/c1-4-9-21(10-5-2)15(22)7-8-18-16-14-11-13(6-3)23-17(14)20-12-19-16/h11-12H,4-10H2,1-3H3,(H,18,19,20). The molecule has 0 saturated heterocycles. The fourth-order valence-corrected chi connectivity index (χ4v) is 3.50. The van der Waals surface area contributed by atoms with Crippen LogP contribution in [0.1, 0.15) is 44.9 Å². The molecule has 0 atom stereocenters. The molecule has 2 aromatic rings. The molecule has 0 radical (unpaired) electrons. The first-order valence-corrected chi connectivity index (χ1v) is 9.26. The highest BCUT2D eigenvalue weighted by Gasteiger charge is 2.12. The molecule has 0 aliphatic heterocycles. The molecule has 2 heterocycles. The predicted octanol–water partition coefficient (Wildman–Crippen LogP) is 3.70. The molecule has 0 aliphatic rings. The number of aryl methyl sites for hydroxylation is 1. The Morgan fingerprint density at radius 1 is 1.22 bits per heavy atom. The van der Waals surface area contributed by atoms with E-state index in [-0.39, 0.29) is 5.91 Å². The van der Waals surface area contributed by atoms with Crippen LogP contribution in [0.15, 0.2) is 12.4 Å². The van der Waals surface area contributed by atoms with Gasteiger partial charge >= 0.3 is 0 Å². The highest BCUT2D eigenvalue weighted by molar-refractivity contribution is 7.18. The monoisotopic (exact) mass is 334 g/mol. The lowest BCUT2D eigenvalue weighted by atomic mass is 10.3. The molecule has 23 heavy (non-hydrogen) atoms. The largest absolute Gasteiger partial charge is 0.369 e. The van der Waals surface area contributed by atoms with Gasteiger partial charge in [-0.25, -0.2) is 9.97 Å². The first-order valence-electron chi connectivity index (χ1n) is 8.44. The normalized spacial score (nSPS) is 10.9. The van der Waals surface area contributed by atoms with Crippen molar-refractivity contribution in [2.75, 3.05) is 25.0 Å². The number of carbonyl (C=O) groups excluding carboxylic acids is 1. The number of amides is 1. The van der Waals surface area contributed by atoms with E-state index in [1.54, 1.807) is 17.7 Å². The summed E-state index contributed by atoms with van der Waals surface area (Å²) in [7, 11) is 0. The first kappa shape index (κ1) is 17.7. The van der Waals surface area contributed by atoms with Gasteiger partial charge in [0.1, 0.15) is 17.0 Å². The molecule has 1 N–H and O–H groups in total. The third-order valence-electron chi connectivity index (χ3n) is 3.70. The number of nitrogens with zero attached hydrogens (tertiary/aromatic N) is 3. The Hall–Kier alpha value is -1.69. The Kier molecular flexibility index (Phi) is 6.77. The molecule has 0 fully saturated rings. The van der Waals surface area contributed by atoms with Crippen molar-refractivity contribution < 1.29 is 4.79 Å². The van der Waals surface area contributed by atoms with Crippen molar-refractivity contribution in [1.82, 2.24) is 14.9 Å². The maximum absolute atomic E-state index is 12.3. The number of carbonyl (C=O) groups is 1. The number of nitrogens with one attached hydrogen (secondary N) is 1. The molecule has 1 amide bonds. The van der Waals surface area contributed by atoms with Gasteiger partial charge in [-0.1, -0.05) is 20.8 Å². The van der Waals surface area contributed by atoms with Crippen molar-refractivity contribution in [2.45, 2.75) is 46.5 Å². The lowest BCUT2D eigenvalue weighted by Gasteiger charge is -2.21. The lowest BCUT2D eigenvalue weighted by Crippen LogP contribution is -2.33. The van der Waals surface area contributed by atoms with E-state index in [9.17, 15) is 4.79 Å². The summed E-state index contributed by atoms with van der Waals surface area (Å²) < 4.78 is 0. The van der Waals surface area contributed by atoms with E-state index < -0.39 is 0 Å². The number of aromatic nitrogens is 2. The van der Waals surface area contributed by atoms with Crippen LogP contribution in [0.3, 0.4) is 0 Å². The number of hydrogen-bond donors (Lipinski definition) is 1. The maximum Gasteiger partial charge on any atom is 0.224 e. The number of fused-ring (bicyclic) bond motifs is 1. The van der Waals surface area contributed by atoms with Gasteiger partial charge in [-0.05, 0) is 25.3 Å². The summed E-state index contributed by atoms with van der Waals surface area (Å²) >= 11 is 1.70. The quantitative estimate of drug-likeness (QED) is 0.759. The van der Waals surface area contributed by atoms with Crippen LogP contribution < -0.4 is 5.32 Å². The van der Waals surface area contributed by atoms with Crippen molar-refractivity contribution >= 4 is 33.3 Å². The van der Waals surface area contributed by atoms with Gasteiger partial charge in [-0.15, -0.1) is 11.3 Å². The average molecular weight is 334 g/mol. The predicted molar refractivity (Wildman–Crippen MR) is 97.1 cm³/mol. The van der Waals surface area contributed by atoms with Crippen LogP contribution in [-0.4, -0.2) is 40.4 Å². The van der Waals surface area contributed by atoms with Crippen LogP contribution in [0.4, 0.5) is 5.82 Å². The van der Waals surface area contributed by atoms with Crippen LogP contribution in [0.25, 0.3) is 10.2 Å². The third-order valence-corrected chi connectivity index (χ3v) is 4.89. The van der Waals surface area contributed by atoms with E-state index in [0.29, 0.717) is 13.0 Å². The fraction of sp³-hybridized carbons (Fsp3) is 0.588. The maximum atomic E-state index is 12.3. The second-order valence-corrected chi connectivity index (χ2v) is 6.68. The van der Waals surface area contributed by atoms with Gasteiger partial charge in [0.05, 0.1) is 5.39 Å². The van der Waals surface area contributed by atoms with Crippen LogP contribution in [0, 0.1) is 0 Å². The minimum Gasteiger partial charge on any atom is -0.369 e. The number of anilines is 1. The number of rotatable bonds is 9. The van der Waals surface area contributed by atoms with Gasteiger partial charge in [0.2, 0.25) is 5.91 Å². The molecule has 126 valence electrons. The molecule has 0 aromatic carbocycles. The smallest absolute Gasteiger partial charge is 0.224 e. The molecule has 2 rings (SSSR count). The van der Waals surface area contributed by atoms with E-state index in [1.807, 2.05) is 4.90 Å². The minimum atomic E-state index is 0.214. The van der Waals surface area contributed by atoms with Crippen LogP contribution >= 0.6 is 11.3 Å². The summed E-state index contributed by atoms with van der Waals surface area (Å²) in [5.74, 6) is 1.04. The summed E-state index contributed by atoms with van der Waals surface area (Å²) in [4.78, 5) is 25.2. The number of thiophene rings is 1. The van der Waals surface area contributed by atoms with Crippen molar-refractivity contribution in [3.8, 4) is 0 Å². The van der Waals surface area contributed by atoms with E-state index in [4.69, 9.17) is 0 Å². The third kappa shape index (κ3) is 4.64. The summed E-state index contributed by atoms with van der Waals surface area (Å²) in [6, 6.07) is 2.14. The van der Waals surface area contributed by atoms with E-state index in [1.165, 1.54) is 4.88 Å². The molecule has 5 nitrogen and oxygen atoms in total. The van der Waals surface area contributed by atoms with Gasteiger partial charge in [0.25, 0.3) is 0 Å². The fourth-order valence-electron chi connectivity index (χ4n) is 2.57. The molecule has 0 bridgehead atoms. The second-order valence-electron chi connectivity index (χ2n) is 5.56. The molecular weight excluding hydrogens is 308 g/mol. The zero-order chi connectivity index (χ0) is 16.7. The lowest BCUT2D eigenvalue weighted by molar-refractivity contribution is -0.131. The Morgan fingerprint density at radius 2 is 1.96 bits per heavy atom. The summed E-state index contributed by atoms with van der Waals surface area (Å²) in [5, 5.41) is 4.36. The molecule has 0 spiro atoms. The minimum absolute atomic E-state index is 0.214. The summed E-state index contributed by atoms with van der Waals surface area (Å²) in [6.07, 6.45) is 5.09. The van der Waals surface area contributed by atoms with Crippen molar-refractivity contribution in [1.29, 1.82) is 0 Å². The highest BCUT2D eigenvalue weighted by atomic mass is 32.1. The molecule has 6 heteroatoms. The van der Waals surface area contributed by atoms with Crippen molar-refractivity contribution in [3.63, 3.8) is 0 Å². The molecule has 0 unspecified atom stereocenters. The molecule has 0 aliphatic carbocycles. The molecule has 2 aromatic heterocycles. The Labute approximate surface area is 142 Å². The first-order chi connectivity index (χ1) is 11.2. The van der Waals surface area contributed by atoms with Crippen molar-refractivity contribution in [2.24, 2.45) is 0 Å². The topological polar surface area (TPSA) is 58.1 Å².